The number of carbonyl (C=O) groups is 1. The third-order valence-corrected chi connectivity index (χ3v) is 6.05. The van der Waals surface area contributed by atoms with Crippen molar-refractivity contribution in [1.29, 1.82) is 0 Å². The molecule has 2 aromatic heterocycles. The van der Waals surface area contributed by atoms with E-state index in [1.165, 1.54) is 25.3 Å². The van der Waals surface area contributed by atoms with E-state index in [9.17, 15) is 20.0 Å². The van der Waals surface area contributed by atoms with Gasteiger partial charge in [0, 0.05) is 22.7 Å². The van der Waals surface area contributed by atoms with Crippen LogP contribution in [0.5, 0.6) is 5.75 Å². The molecule has 0 fully saturated rings. The van der Waals surface area contributed by atoms with Crippen LogP contribution in [0.2, 0.25) is 10.0 Å². The van der Waals surface area contributed by atoms with Gasteiger partial charge in [-0.25, -0.2) is 9.78 Å². The fourth-order valence-electron chi connectivity index (χ4n) is 3.03. The Morgan fingerprint density at radius 2 is 2.03 bits per heavy atom. The molecule has 0 aliphatic heterocycles. The highest BCUT2D eigenvalue weighted by atomic mass is 35.5. The number of rotatable bonds is 8. The summed E-state index contributed by atoms with van der Waals surface area (Å²) in [6.07, 6.45) is 1.30. The van der Waals surface area contributed by atoms with Gasteiger partial charge in [-0.2, -0.15) is 0 Å². The van der Waals surface area contributed by atoms with E-state index in [2.05, 4.69) is 15.2 Å². The van der Waals surface area contributed by atoms with E-state index >= 15 is 0 Å². The van der Waals surface area contributed by atoms with Crippen molar-refractivity contribution in [1.82, 2.24) is 15.2 Å². The van der Waals surface area contributed by atoms with Gasteiger partial charge in [-0.05, 0) is 54.2 Å². The second-order valence-electron chi connectivity index (χ2n) is 6.85. The zero-order valence-corrected chi connectivity index (χ0v) is 20.0. The highest BCUT2D eigenvalue weighted by Crippen LogP contribution is 2.34. The predicted molar refractivity (Wildman–Crippen MR) is 131 cm³/mol. The first-order chi connectivity index (χ1) is 16.7. The number of aromatic amines is 1. The Kier molecular flexibility index (Phi) is 7.10. The highest BCUT2D eigenvalue weighted by Gasteiger charge is 2.18. The summed E-state index contributed by atoms with van der Waals surface area (Å²) < 4.78 is 11.0. The molecule has 0 radical (unpaired) electrons. The lowest BCUT2D eigenvalue weighted by atomic mass is 10.1. The molecule has 0 aliphatic rings. The number of hydrogen-bond acceptors (Lipinski definition) is 8. The van der Waals surface area contributed by atoms with E-state index < -0.39 is 10.9 Å². The van der Waals surface area contributed by atoms with Gasteiger partial charge in [0.05, 0.1) is 17.6 Å². The molecule has 10 nitrogen and oxygen atoms in total. The molecule has 0 spiro atoms. The summed E-state index contributed by atoms with van der Waals surface area (Å²) in [7, 11) is 1.50. The van der Waals surface area contributed by atoms with Gasteiger partial charge in [0.15, 0.2) is 5.82 Å². The lowest BCUT2D eigenvalue weighted by molar-refractivity contribution is -0.384. The van der Waals surface area contributed by atoms with Gasteiger partial charge in [0.1, 0.15) is 27.2 Å². The quantitative estimate of drug-likeness (QED) is 0.117. The largest absolute Gasteiger partial charge is 0.496 e. The highest BCUT2D eigenvalue weighted by molar-refractivity contribution is 8.04. The fourth-order valence-corrected chi connectivity index (χ4v) is 4.08. The molecule has 0 amide bonds. The topological polar surface area (TPSA) is 144 Å². The number of carboxylic acid groups (broad SMARTS) is 1. The Hall–Kier alpha value is -3.80. The lowest BCUT2D eigenvalue weighted by Gasteiger charge is -2.05. The molecule has 4 aromatic rings. The number of nitrogens with zero attached hydrogens (tertiary/aromatic N) is 3. The number of ether oxygens (including phenoxy) is 1. The molecule has 178 valence electrons. The Balaban J connectivity index is 1.59. The van der Waals surface area contributed by atoms with Crippen LogP contribution in [0.15, 0.2) is 63.0 Å². The summed E-state index contributed by atoms with van der Waals surface area (Å²) in [6, 6.07) is 12.3. The summed E-state index contributed by atoms with van der Waals surface area (Å²) in [5.41, 5.74) is 0.712. The number of carboxylic acids is 1. The van der Waals surface area contributed by atoms with E-state index in [4.69, 9.17) is 32.4 Å². The van der Waals surface area contributed by atoms with Gasteiger partial charge >= 0.3 is 5.97 Å². The van der Waals surface area contributed by atoms with Crippen LogP contribution < -0.4 is 4.74 Å². The second-order valence-corrected chi connectivity index (χ2v) is 8.71. The van der Waals surface area contributed by atoms with Gasteiger partial charge in [0.25, 0.3) is 5.69 Å². The van der Waals surface area contributed by atoms with E-state index in [0.29, 0.717) is 33.5 Å². The summed E-state index contributed by atoms with van der Waals surface area (Å²) in [5.74, 6) is 0.165. The number of hydrogen-bond donors (Lipinski definition) is 2. The van der Waals surface area contributed by atoms with Gasteiger partial charge in [-0.3, -0.25) is 15.2 Å². The van der Waals surface area contributed by atoms with Gasteiger partial charge < -0.3 is 14.3 Å². The molecular weight excluding hydrogens is 519 g/mol. The van der Waals surface area contributed by atoms with Crippen molar-refractivity contribution in [3.63, 3.8) is 0 Å². The first-order valence-electron chi connectivity index (χ1n) is 9.68. The standard InChI is InChI=1S/C22H14Cl2N4O6S/c1-33-18-6-3-12(23)9-14(18)20-25-22(27-26-20)35-19(21(29)30)10-13-4-7-17(34-13)11-2-5-15(24)16(8-11)28(31)32/h2-10H,1H3,(H,29,30)(H,25,26,27)/b19-10-. The van der Waals surface area contributed by atoms with Crippen molar-refractivity contribution < 1.29 is 24.0 Å². The van der Waals surface area contributed by atoms with Crippen LogP contribution in [0.3, 0.4) is 0 Å². The number of aliphatic carboxylic acids is 1. The molecule has 0 unspecified atom stereocenters. The smallest absolute Gasteiger partial charge is 0.342 e. The lowest BCUT2D eigenvalue weighted by Crippen LogP contribution is -1.97. The van der Waals surface area contributed by atoms with Crippen molar-refractivity contribution in [2.75, 3.05) is 7.11 Å². The molecule has 0 atom stereocenters. The molecule has 0 saturated carbocycles. The SMILES string of the molecule is COc1ccc(Cl)cc1-c1nc(S/C(=C\c2ccc(-c3ccc(Cl)c([N+](=O)[O-])c3)o2)C(=O)O)n[nH]1. The average Bonchev–Trinajstić information content (AvgIpc) is 3.48. The van der Waals surface area contributed by atoms with E-state index in [-0.39, 0.29) is 26.5 Å². The molecule has 0 saturated heterocycles. The predicted octanol–water partition coefficient (Wildman–Crippen LogP) is 6.17. The number of benzene rings is 2. The summed E-state index contributed by atoms with van der Waals surface area (Å²) in [6.45, 7) is 0. The number of H-pyrrole nitrogens is 1. The zero-order valence-electron chi connectivity index (χ0n) is 17.7. The van der Waals surface area contributed by atoms with Crippen molar-refractivity contribution in [3.05, 3.63) is 79.4 Å². The Morgan fingerprint density at radius 1 is 1.23 bits per heavy atom. The summed E-state index contributed by atoms with van der Waals surface area (Å²) >= 11 is 12.7. The summed E-state index contributed by atoms with van der Waals surface area (Å²) in [4.78, 5) is 26.6. The average molecular weight is 533 g/mol. The normalized spacial score (nSPS) is 11.5. The molecule has 2 heterocycles. The maximum Gasteiger partial charge on any atom is 0.342 e. The minimum absolute atomic E-state index is 0.00347. The number of aromatic nitrogens is 3. The third kappa shape index (κ3) is 5.48. The molecule has 4 rings (SSSR count). The first kappa shape index (κ1) is 24.3. The maximum atomic E-state index is 11.8. The Morgan fingerprint density at radius 3 is 2.74 bits per heavy atom. The van der Waals surface area contributed by atoms with Crippen molar-refractivity contribution in [2.24, 2.45) is 0 Å². The minimum atomic E-state index is -1.22. The molecular formula is C22H14Cl2N4O6S. The van der Waals surface area contributed by atoms with Gasteiger partial charge in [0.2, 0.25) is 5.16 Å². The zero-order chi connectivity index (χ0) is 25.1. The van der Waals surface area contributed by atoms with Crippen molar-refractivity contribution in [3.8, 4) is 28.5 Å². The first-order valence-corrected chi connectivity index (χ1v) is 11.3. The molecule has 0 aliphatic carbocycles. The molecule has 13 heteroatoms. The molecule has 2 aromatic carbocycles. The van der Waals surface area contributed by atoms with Crippen molar-refractivity contribution in [2.45, 2.75) is 5.16 Å². The van der Waals surface area contributed by atoms with Crippen LogP contribution in [0, 0.1) is 10.1 Å². The van der Waals surface area contributed by atoms with Gasteiger partial charge in [-0.15, -0.1) is 5.10 Å². The van der Waals surface area contributed by atoms with E-state index in [0.717, 1.165) is 11.8 Å². The van der Waals surface area contributed by atoms with Gasteiger partial charge in [-0.1, -0.05) is 23.2 Å². The fraction of sp³-hybridized carbons (Fsp3) is 0.0455. The summed E-state index contributed by atoms with van der Waals surface area (Å²) in [5, 5.41) is 28.2. The van der Waals surface area contributed by atoms with Crippen LogP contribution in [-0.2, 0) is 4.79 Å². The molecule has 35 heavy (non-hydrogen) atoms. The van der Waals surface area contributed by atoms with Crippen molar-refractivity contribution >= 4 is 52.7 Å². The number of methoxy groups -OCH3 is 1. The van der Waals surface area contributed by atoms with E-state index in [1.807, 2.05) is 0 Å². The monoisotopic (exact) mass is 532 g/mol. The van der Waals surface area contributed by atoms with Crippen LogP contribution in [0.4, 0.5) is 5.69 Å². The Bertz CT molecular complexity index is 1470. The number of furan rings is 1. The number of halogens is 2. The number of thioether (sulfide) groups is 1. The number of nitro groups is 1. The molecule has 0 bridgehead atoms. The Labute approximate surface area is 211 Å². The third-order valence-electron chi connectivity index (χ3n) is 4.62. The minimum Gasteiger partial charge on any atom is -0.496 e. The van der Waals surface area contributed by atoms with Crippen LogP contribution in [0.25, 0.3) is 28.8 Å². The number of nitrogens with one attached hydrogen (secondary N) is 1. The molecule has 2 N–H and O–H groups in total. The van der Waals surface area contributed by atoms with Crippen LogP contribution in [-0.4, -0.2) is 38.3 Å². The van der Waals surface area contributed by atoms with Crippen LogP contribution >= 0.6 is 35.0 Å². The van der Waals surface area contributed by atoms with E-state index in [1.54, 1.807) is 36.4 Å². The maximum absolute atomic E-state index is 11.8. The number of nitro benzene ring substituents is 1. The van der Waals surface area contributed by atoms with Crippen LogP contribution in [0.1, 0.15) is 5.76 Å². The second kappa shape index (κ2) is 10.2.